The molecule has 4 nitrogen and oxygen atoms in total. The van der Waals surface area contributed by atoms with E-state index in [4.69, 9.17) is 15.6 Å². The molecule has 1 heterocycles. The van der Waals surface area contributed by atoms with Gasteiger partial charge in [0.05, 0.1) is 12.7 Å². The number of β-amino-alcohol motifs (C(OH)–C–C–N with tert-alkyl or cyclic N) is 1. The molecule has 0 amide bonds. The van der Waals surface area contributed by atoms with Crippen LogP contribution in [0.5, 0.6) is 0 Å². The van der Waals surface area contributed by atoms with Crippen molar-refractivity contribution in [3.8, 4) is 0 Å². The van der Waals surface area contributed by atoms with Crippen LogP contribution >= 0.6 is 0 Å². The highest BCUT2D eigenvalue weighted by molar-refractivity contribution is 4.93. The Hall–Kier alpha value is -0.160. The van der Waals surface area contributed by atoms with E-state index in [2.05, 4.69) is 12.2 Å². The van der Waals surface area contributed by atoms with Crippen LogP contribution in [0.2, 0.25) is 0 Å². The molecule has 2 atom stereocenters. The smallest absolute Gasteiger partial charge is 0.0565 e. The highest BCUT2D eigenvalue weighted by atomic mass is 16.5. The Kier molecular flexibility index (Phi) is 4.12. The molecule has 0 spiro atoms. The van der Waals surface area contributed by atoms with Gasteiger partial charge >= 0.3 is 0 Å². The van der Waals surface area contributed by atoms with Crippen molar-refractivity contribution in [3.05, 3.63) is 0 Å². The number of ether oxygens (including phenoxy) is 1. The molecule has 1 rings (SSSR count). The van der Waals surface area contributed by atoms with Crippen LogP contribution in [0.3, 0.4) is 0 Å². The summed E-state index contributed by atoms with van der Waals surface area (Å²) < 4.78 is 5.46. The average molecular weight is 188 g/mol. The quantitative estimate of drug-likeness (QED) is 0.554. The van der Waals surface area contributed by atoms with Crippen molar-refractivity contribution in [3.63, 3.8) is 0 Å². The molecule has 1 aliphatic rings. The summed E-state index contributed by atoms with van der Waals surface area (Å²) in [6.45, 7) is 4.21. The zero-order chi connectivity index (χ0) is 9.73. The maximum Gasteiger partial charge on any atom is 0.0565 e. The number of aliphatic hydroxyl groups is 1. The molecule has 13 heavy (non-hydrogen) atoms. The average Bonchev–Trinajstić information content (AvgIpc) is 2.15. The van der Waals surface area contributed by atoms with E-state index in [9.17, 15) is 0 Å². The maximum atomic E-state index is 8.74. The Morgan fingerprint density at radius 2 is 2.46 bits per heavy atom. The number of nitrogens with two attached hydrogens (primary N) is 1. The number of aliphatic hydroxyl groups excluding tert-OH is 1. The predicted molar refractivity (Wildman–Crippen MR) is 51.5 cm³/mol. The summed E-state index contributed by atoms with van der Waals surface area (Å²) in [4.78, 5) is 0. The topological polar surface area (TPSA) is 67.5 Å². The standard InChI is InChI=1S/C9H20N2O2/c1-8-6-9(7-10,2-5-13-8)11-3-4-12/h8,11-12H,2-7,10H2,1H3. The Balaban J connectivity index is 2.46. The molecular formula is C9H20N2O2. The number of rotatable bonds is 4. The van der Waals surface area contributed by atoms with E-state index in [0.717, 1.165) is 19.4 Å². The normalized spacial score (nSPS) is 34.8. The second-order valence-corrected chi connectivity index (χ2v) is 3.77. The van der Waals surface area contributed by atoms with Gasteiger partial charge in [-0.3, -0.25) is 0 Å². The van der Waals surface area contributed by atoms with Crippen molar-refractivity contribution in [1.29, 1.82) is 0 Å². The van der Waals surface area contributed by atoms with Gasteiger partial charge in [0.1, 0.15) is 0 Å². The van der Waals surface area contributed by atoms with Crippen molar-refractivity contribution in [1.82, 2.24) is 5.32 Å². The van der Waals surface area contributed by atoms with Gasteiger partial charge in [-0.25, -0.2) is 0 Å². The lowest BCUT2D eigenvalue weighted by Gasteiger charge is -2.40. The van der Waals surface area contributed by atoms with Crippen LogP contribution < -0.4 is 11.1 Å². The van der Waals surface area contributed by atoms with Gasteiger partial charge in [-0.15, -0.1) is 0 Å². The van der Waals surface area contributed by atoms with E-state index in [1.165, 1.54) is 0 Å². The molecule has 1 fully saturated rings. The van der Waals surface area contributed by atoms with Crippen LogP contribution in [0.4, 0.5) is 0 Å². The van der Waals surface area contributed by atoms with Gasteiger partial charge in [0.25, 0.3) is 0 Å². The van der Waals surface area contributed by atoms with Crippen LogP contribution in [0.1, 0.15) is 19.8 Å². The van der Waals surface area contributed by atoms with Crippen molar-refractivity contribution in [2.24, 2.45) is 5.73 Å². The van der Waals surface area contributed by atoms with E-state index in [1.807, 2.05) is 0 Å². The van der Waals surface area contributed by atoms with Crippen LogP contribution in [0.25, 0.3) is 0 Å². The lowest BCUT2D eigenvalue weighted by molar-refractivity contribution is -0.0170. The van der Waals surface area contributed by atoms with E-state index in [0.29, 0.717) is 13.1 Å². The lowest BCUT2D eigenvalue weighted by atomic mass is 9.87. The number of nitrogens with one attached hydrogen (secondary N) is 1. The summed E-state index contributed by atoms with van der Waals surface area (Å²) in [6.07, 6.45) is 2.14. The van der Waals surface area contributed by atoms with Gasteiger partial charge in [-0.1, -0.05) is 0 Å². The highest BCUT2D eigenvalue weighted by Crippen LogP contribution is 2.23. The Labute approximate surface area is 79.5 Å². The fraction of sp³-hybridized carbons (Fsp3) is 1.00. The zero-order valence-electron chi connectivity index (χ0n) is 8.25. The fourth-order valence-corrected chi connectivity index (χ4v) is 1.91. The first-order chi connectivity index (χ1) is 6.22. The molecule has 4 heteroatoms. The highest BCUT2D eigenvalue weighted by Gasteiger charge is 2.33. The first-order valence-electron chi connectivity index (χ1n) is 4.90. The third-order valence-corrected chi connectivity index (χ3v) is 2.66. The minimum absolute atomic E-state index is 0.0135. The second-order valence-electron chi connectivity index (χ2n) is 3.77. The second kappa shape index (κ2) is 4.91. The molecule has 1 saturated heterocycles. The molecule has 0 aliphatic carbocycles. The van der Waals surface area contributed by atoms with Gasteiger partial charge in [0.15, 0.2) is 0 Å². The van der Waals surface area contributed by atoms with Crippen LogP contribution in [0, 0.1) is 0 Å². The molecule has 0 aromatic heterocycles. The summed E-state index contributed by atoms with van der Waals surface area (Å²) in [5.41, 5.74) is 5.73. The molecule has 0 saturated carbocycles. The van der Waals surface area contributed by atoms with Crippen molar-refractivity contribution in [2.45, 2.75) is 31.4 Å². The first-order valence-corrected chi connectivity index (χ1v) is 4.90. The van der Waals surface area contributed by atoms with E-state index >= 15 is 0 Å². The summed E-state index contributed by atoms with van der Waals surface area (Å²) >= 11 is 0. The monoisotopic (exact) mass is 188 g/mol. The largest absolute Gasteiger partial charge is 0.395 e. The van der Waals surface area contributed by atoms with E-state index < -0.39 is 0 Å². The minimum atomic E-state index is -0.0135. The first kappa shape index (κ1) is 10.9. The molecule has 4 N–H and O–H groups in total. The predicted octanol–water partition coefficient (Wildman–Crippen LogP) is -0.535. The zero-order valence-corrected chi connectivity index (χ0v) is 8.25. The van der Waals surface area contributed by atoms with Gasteiger partial charge in [0.2, 0.25) is 0 Å². The van der Waals surface area contributed by atoms with Crippen LogP contribution in [-0.4, -0.2) is 43.1 Å². The molecule has 2 unspecified atom stereocenters. The Morgan fingerprint density at radius 1 is 1.69 bits per heavy atom. The van der Waals surface area contributed by atoms with Gasteiger partial charge in [-0.2, -0.15) is 0 Å². The van der Waals surface area contributed by atoms with Gasteiger partial charge < -0.3 is 20.9 Å². The van der Waals surface area contributed by atoms with Crippen LogP contribution in [-0.2, 0) is 4.74 Å². The third kappa shape index (κ3) is 2.91. The maximum absolute atomic E-state index is 8.74. The van der Waals surface area contributed by atoms with E-state index in [-0.39, 0.29) is 18.2 Å². The third-order valence-electron chi connectivity index (χ3n) is 2.66. The van der Waals surface area contributed by atoms with E-state index in [1.54, 1.807) is 0 Å². The van der Waals surface area contributed by atoms with Crippen molar-refractivity contribution >= 4 is 0 Å². The lowest BCUT2D eigenvalue weighted by Crippen LogP contribution is -2.56. The minimum Gasteiger partial charge on any atom is -0.395 e. The van der Waals surface area contributed by atoms with Crippen molar-refractivity contribution in [2.75, 3.05) is 26.3 Å². The molecule has 0 radical (unpaired) electrons. The number of hydrogen-bond donors (Lipinski definition) is 3. The summed E-state index contributed by atoms with van der Waals surface area (Å²) in [7, 11) is 0. The van der Waals surface area contributed by atoms with Crippen LogP contribution in [0.15, 0.2) is 0 Å². The number of hydrogen-bond acceptors (Lipinski definition) is 4. The molecular weight excluding hydrogens is 168 g/mol. The van der Waals surface area contributed by atoms with Crippen molar-refractivity contribution < 1.29 is 9.84 Å². The Morgan fingerprint density at radius 3 is 3.00 bits per heavy atom. The van der Waals surface area contributed by atoms with Gasteiger partial charge in [-0.05, 0) is 19.8 Å². The molecule has 0 aromatic carbocycles. The Bertz CT molecular complexity index is 155. The molecule has 1 aliphatic heterocycles. The molecule has 78 valence electrons. The SMILES string of the molecule is CC1CC(CN)(NCCO)CCO1. The summed E-state index contributed by atoms with van der Waals surface area (Å²) in [5, 5.41) is 12.0. The summed E-state index contributed by atoms with van der Waals surface area (Å²) in [6, 6.07) is 0. The fourth-order valence-electron chi connectivity index (χ4n) is 1.91. The summed E-state index contributed by atoms with van der Waals surface area (Å²) in [5.74, 6) is 0. The van der Waals surface area contributed by atoms with Gasteiger partial charge in [0, 0.05) is 25.2 Å². The molecule has 0 aromatic rings. The molecule has 0 bridgehead atoms.